The largest absolute Gasteiger partial charge is 0.357 e. The third-order valence-electron chi connectivity index (χ3n) is 4.54. The highest BCUT2D eigenvalue weighted by atomic mass is 32.2. The van der Waals surface area contributed by atoms with Gasteiger partial charge in [0.1, 0.15) is 11.9 Å². The van der Waals surface area contributed by atoms with Crippen LogP contribution in [0.1, 0.15) is 24.5 Å². The summed E-state index contributed by atoms with van der Waals surface area (Å²) in [6, 6.07) is 11.4. The molecule has 160 valence electrons. The lowest BCUT2D eigenvalue weighted by atomic mass is 10.1. The van der Waals surface area contributed by atoms with Gasteiger partial charge in [0.05, 0.1) is 10.7 Å². The van der Waals surface area contributed by atoms with Gasteiger partial charge in [-0.05, 0) is 29.7 Å². The average Bonchev–Trinajstić information content (AvgIpc) is 2.75. The van der Waals surface area contributed by atoms with Crippen molar-refractivity contribution >= 4 is 29.3 Å². The monoisotopic (exact) mass is 433 g/mol. The number of nitro benzene ring substituents is 1. The van der Waals surface area contributed by atoms with E-state index in [0.29, 0.717) is 12.2 Å². The Balaban J connectivity index is 2.06. The lowest BCUT2D eigenvalue weighted by molar-refractivity contribution is -0.384. The van der Waals surface area contributed by atoms with Crippen LogP contribution < -0.4 is 5.32 Å². The van der Waals surface area contributed by atoms with Crippen molar-refractivity contribution in [2.45, 2.75) is 31.7 Å². The molecule has 9 heteroatoms. The van der Waals surface area contributed by atoms with Crippen molar-refractivity contribution in [2.75, 3.05) is 12.8 Å². The average molecular weight is 434 g/mol. The number of halogens is 1. The topological polar surface area (TPSA) is 92.6 Å². The van der Waals surface area contributed by atoms with E-state index in [1.807, 2.05) is 6.92 Å². The van der Waals surface area contributed by atoms with Crippen molar-refractivity contribution in [3.63, 3.8) is 0 Å². The highest BCUT2D eigenvalue weighted by Gasteiger charge is 2.27. The molecule has 0 radical (unpaired) electrons. The molecule has 30 heavy (non-hydrogen) atoms. The van der Waals surface area contributed by atoms with E-state index in [2.05, 4.69) is 5.32 Å². The predicted molar refractivity (Wildman–Crippen MR) is 114 cm³/mol. The molecule has 0 spiro atoms. The van der Waals surface area contributed by atoms with Gasteiger partial charge < -0.3 is 10.2 Å². The molecule has 2 rings (SSSR count). The summed E-state index contributed by atoms with van der Waals surface area (Å²) >= 11 is 1.36. The Morgan fingerprint density at radius 3 is 2.27 bits per heavy atom. The van der Waals surface area contributed by atoms with Crippen LogP contribution in [0.5, 0.6) is 0 Å². The number of likely N-dealkylation sites (N-methyl/N-ethyl adjacent to an activating group) is 1. The van der Waals surface area contributed by atoms with Crippen LogP contribution >= 0.6 is 11.8 Å². The molecule has 0 aliphatic heterocycles. The molecule has 2 amide bonds. The molecule has 1 N–H and O–H groups in total. The normalized spacial score (nSPS) is 11.6. The molecule has 0 saturated heterocycles. The van der Waals surface area contributed by atoms with Gasteiger partial charge in [0.15, 0.2) is 0 Å². The molecule has 0 bridgehead atoms. The second-order valence-electron chi connectivity index (χ2n) is 6.60. The van der Waals surface area contributed by atoms with Gasteiger partial charge in [-0.25, -0.2) is 4.39 Å². The summed E-state index contributed by atoms with van der Waals surface area (Å²) in [5, 5.41) is 13.3. The third-order valence-corrected chi connectivity index (χ3v) is 5.53. The van der Waals surface area contributed by atoms with Gasteiger partial charge >= 0.3 is 0 Å². The van der Waals surface area contributed by atoms with Crippen LogP contribution in [-0.4, -0.2) is 40.5 Å². The lowest BCUT2D eigenvalue weighted by Gasteiger charge is -2.30. The fraction of sp³-hybridized carbons (Fsp3) is 0.333. The van der Waals surface area contributed by atoms with Crippen LogP contribution in [-0.2, 0) is 21.9 Å². The number of hydrogen-bond acceptors (Lipinski definition) is 5. The van der Waals surface area contributed by atoms with Crippen molar-refractivity contribution < 1.29 is 18.9 Å². The van der Waals surface area contributed by atoms with Crippen LogP contribution in [0.2, 0.25) is 0 Å². The highest BCUT2D eigenvalue weighted by Crippen LogP contribution is 2.19. The van der Waals surface area contributed by atoms with Gasteiger partial charge in [-0.15, -0.1) is 11.8 Å². The number of benzene rings is 2. The number of nitro groups is 1. The SMILES string of the molecule is CCC(C(=O)NC)N(Cc1ccc(F)cc1)C(=O)CSCc1ccc([N+](=O)[O-])cc1. The molecule has 2 aromatic rings. The van der Waals surface area contributed by atoms with E-state index >= 15 is 0 Å². The summed E-state index contributed by atoms with van der Waals surface area (Å²) in [5.74, 6) is -0.181. The van der Waals surface area contributed by atoms with Gasteiger partial charge in [-0.3, -0.25) is 19.7 Å². The Hall–Kier alpha value is -2.94. The molecule has 7 nitrogen and oxygen atoms in total. The van der Waals surface area contributed by atoms with Gasteiger partial charge in [-0.2, -0.15) is 0 Å². The molecule has 0 aliphatic rings. The summed E-state index contributed by atoms with van der Waals surface area (Å²) in [5.41, 5.74) is 1.61. The fourth-order valence-electron chi connectivity index (χ4n) is 2.93. The second-order valence-corrected chi connectivity index (χ2v) is 7.59. The van der Waals surface area contributed by atoms with E-state index in [-0.39, 0.29) is 35.6 Å². The second kappa shape index (κ2) is 11.3. The molecular weight excluding hydrogens is 409 g/mol. The number of amides is 2. The zero-order valence-corrected chi connectivity index (χ0v) is 17.7. The third kappa shape index (κ3) is 6.55. The quantitative estimate of drug-likeness (QED) is 0.457. The molecule has 0 heterocycles. The van der Waals surface area contributed by atoms with Gasteiger partial charge in [0.2, 0.25) is 11.8 Å². The van der Waals surface area contributed by atoms with Crippen molar-refractivity contribution in [3.05, 3.63) is 75.6 Å². The van der Waals surface area contributed by atoms with E-state index in [9.17, 15) is 24.1 Å². The first kappa shape index (κ1) is 23.3. The van der Waals surface area contributed by atoms with Gasteiger partial charge in [0, 0.05) is 31.5 Å². The van der Waals surface area contributed by atoms with Crippen molar-refractivity contribution in [1.29, 1.82) is 0 Å². The first-order valence-electron chi connectivity index (χ1n) is 9.42. The number of thioether (sulfide) groups is 1. The summed E-state index contributed by atoms with van der Waals surface area (Å²) in [6.07, 6.45) is 0.444. The Morgan fingerprint density at radius 1 is 1.13 bits per heavy atom. The molecule has 0 fully saturated rings. The van der Waals surface area contributed by atoms with Gasteiger partial charge in [0.25, 0.3) is 5.69 Å². The molecule has 0 aliphatic carbocycles. The highest BCUT2D eigenvalue weighted by molar-refractivity contribution is 7.99. The Kier molecular flexibility index (Phi) is 8.79. The van der Waals surface area contributed by atoms with E-state index < -0.39 is 11.0 Å². The van der Waals surface area contributed by atoms with Crippen molar-refractivity contribution in [3.8, 4) is 0 Å². The van der Waals surface area contributed by atoms with Crippen LogP contribution in [0, 0.1) is 15.9 Å². The number of carbonyl (C=O) groups excluding carboxylic acids is 2. The maximum atomic E-state index is 13.2. The summed E-state index contributed by atoms with van der Waals surface area (Å²) in [7, 11) is 1.52. The number of carbonyl (C=O) groups is 2. The zero-order chi connectivity index (χ0) is 22.1. The standard InChI is InChI=1S/C21H24FN3O4S/c1-3-19(21(27)23-2)24(12-15-4-8-17(22)9-5-15)20(26)14-30-13-16-6-10-18(11-7-16)25(28)29/h4-11,19H,3,12-14H2,1-2H3,(H,23,27). The molecular formula is C21H24FN3O4S. The summed E-state index contributed by atoms with van der Waals surface area (Å²) in [4.78, 5) is 37.0. The van der Waals surface area contributed by atoms with E-state index in [1.54, 1.807) is 24.3 Å². The Labute approximate surface area is 178 Å². The number of nitrogens with one attached hydrogen (secondary N) is 1. The van der Waals surface area contributed by atoms with E-state index in [4.69, 9.17) is 0 Å². The van der Waals surface area contributed by atoms with Crippen molar-refractivity contribution in [1.82, 2.24) is 10.2 Å². The van der Waals surface area contributed by atoms with Crippen LogP contribution in [0.25, 0.3) is 0 Å². The number of nitrogens with zero attached hydrogens (tertiary/aromatic N) is 2. The lowest BCUT2D eigenvalue weighted by Crippen LogP contribution is -2.48. The predicted octanol–water partition coefficient (Wildman–Crippen LogP) is 3.52. The van der Waals surface area contributed by atoms with Crippen LogP contribution in [0.15, 0.2) is 48.5 Å². The Bertz CT molecular complexity index is 875. The van der Waals surface area contributed by atoms with Gasteiger partial charge in [-0.1, -0.05) is 31.2 Å². The minimum Gasteiger partial charge on any atom is -0.357 e. The smallest absolute Gasteiger partial charge is 0.269 e. The number of non-ortho nitro benzene ring substituents is 1. The Morgan fingerprint density at radius 2 is 1.73 bits per heavy atom. The summed E-state index contributed by atoms with van der Waals surface area (Å²) in [6.45, 7) is 2.03. The molecule has 1 atom stereocenters. The van der Waals surface area contributed by atoms with Crippen molar-refractivity contribution in [2.24, 2.45) is 0 Å². The van der Waals surface area contributed by atoms with E-state index in [0.717, 1.165) is 11.1 Å². The maximum Gasteiger partial charge on any atom is 0.269 e. The van der Waals surface area contributed by atoms with Crippen LogP contribution in [0.3, 0.4) is 0 Å². The zero-order valence-electron chi connectivity index (χ0n) is 16.8. The molecule has 0 aromatic heterocycles. The maximum absolute atomic E-state index is 13.2. The fourth-order valence-corrected chi connectivity index (χ4v) is 3.80. The first-order valence-corrected chi connectivity index (χ1v) is 10.6. The molecule has 0 saturated carbocycles. The number of hydrogen-bond donors (Lipinski definition) is 1. The number of rotatable bonds is 10. The minimum atomic E-state index is -0.632. The minimum absolute atomic E-state index is 0.0154. The van der Waals surface area contributed by atoms with E-state index in [1.165, 1.54) is 48.0 Å². The first-order chi connectivity index (χ1) is 14.3. The van der Waals surface area contributed by atoms with Crippen LogP contribution in [0.4, 0.5) is 10.1 Å². The molecule has 1 unspecified atom stereocenters. The summed E-state index contributed by atoms with van der Waals surface area (Å²) < 4.78 is 13.2. The molecule has 2 aromatic carbocycles.